The van der Waals surface area contributed by atoms with Gasteiger partial charge in [0, 0.05) is 26.2 Å². The number of hydrogen-bond acceptors (Lipinski definition) is 4. The van der Waals surface area contributed by atoms with Gasteiger partial charge in [-0.15, -0.1) is 6.58 Å². The first kappa shape index (κ1) is 17.0. The SMILES string of the molecule is C=CCNCc1ccc(N(CC)CCC(=O)O)c(OC)c1. The van der Waals surface area contributed by atoms with Gasteiger partial charge < -0.3 is 20.1 Å². The van der Waals surface area contributed by atoms with Crippen molar-refractivity contribution < 1.29 is 14.6 Å². The summed E-state index contributed by atoms with van der Waals surface area (Å²) < 4.78 is 5.44. The molecule has 0 radical (unpaired) electrons. The number of benzene rings is 1. The van der Waals surface area contributed by atoms with Crippen LogP contribution in [0, 0.1) is 0 Å². The number of ether oxygens (including phenoxy) is 1. The van der Waals surface area contributed by atoms with Crippen molar-refractivity contribution in [2.24, 2.45) is 0 Å². The van der Waals surface area contributed by atoms with Gasteiger partial charge in [-0.2, -0.15) is 0 Å². The summed E-state index contributed by atoms with van der Waals surface area (Å²) in [7, 11) is 1.63. The highest BCUT2D eigenvalue weighted by Gasteiger charge is 2.12. The first-order chi connectivity index (χ1) is 10.1. The first-order valence-corrected chi connectivity index (χ1v) is 7.07. The summed E-state index contributed by atoms with van der Waals surface area (Å²) in [5, 5.41) is 12.1. The van der Waals surface area contributed by atoms with Crippen LogP contribution in [0.1, 0.15) is 18.9 Å². The predicted molar refractivity (Wildman–Crippen MR) is 85.0 cm³/mol. The Morgan fingerprint density at radius 3 is 2.86 bits per heavy atom. The maximum absolute atomic E-state index is 10.7. The number of anilines is 1. The van der Waals surface area contributed by atoms with E-state index in [0.717, 1.165) is 36.6 Å². The van der Waals surface area contributed by atoms with Crippen LogP contribution in [-0.2, 0) is 11.3 Å². The molecule has 0 saturated heterocycles. The lowest BCUT2D eigenvalue weighted by molar-refractivity contribution is -0.136. The zero-order valence-electron chi connectivity index (χ0n) is 12.8. The van der Waals surface area contributed by atoms with E-state index in [2.05, 4.69) is 11.9 Å². The monoisotopic (exact) mass is 292 g/mol. The maximum atomic E-state index is 10.7. The molecule has 0 spiro atoms. The lowest BCUT2D eigenvalue weighted by atomic mass is 10.1. The van der Waals surface area contributed by atoms with Crippen LogP contribution in [-0.4, -0.2) is 37.8 Å². The van der Waals surface area contributed by atoms with E-state index in [1.165, 1.54) is 0 Å². The molecule has 0 atom stereocenters. The Hall–Kier alpha value is -2.01. The van der Waals surface area contributed by atoms with Gasteiger partial charge in [0.25, 0.3) is 0 Å². The molecular formula is C16H24N2O3. The summed E-state index contributed by atoms with van der Waals surface area (Å²) in [6.07, 6.45) is 1.93. The van der Waals surface area contributed by atoms with Gasteiger partial charge in [0.2, 0.25) is 0 Å². The van der Waals surface area contributed by atoms with Crippen LogP contribution in [0.5, 0.6) is 5.75 Å². The molecule has 1 aromatic rings. The van der Waals surface area contributed by atoms with Crippen molar-refractivity contribution in [1.82, 2.24) is 5.32 Å². The smallest absolute Gasteiger partial charge is 0.305 e. The molecule has 0 unspecified atom stereocenters. The molecule has 0 heterocycles. The molecular weight excluding hydrogens is 268 g/mol. The van der Waals surface area contributed by atoms with Crippen LogP contribution in [0.25, 0.3) is 0 Å². The van der Waals surface area contributed by atoms with Crippen LogP contribution in [0.3, 0.4) is 0 Å². The number of rotatable bonds is 10. The number of carboxylic acids is 1. The van der Waals surface area contributed by atoms with Crippen molar-refractivity contribution in [1.29, 1.82) is 0 Å². The Morgan fingerprint density at radius 1 is 1.52 bits per heavy atom. The predicted octanol–water partition coefficient (Wildman–Crippen LogP) is 2.27. The first-order valence-electron chi connectivity index (χ1n) is 7.07. The van der Waals surface area contributed by atoms with E-state index in [1.54, 1.807) is 7.11 Å². The third-order valence-electron chi connectivity index (χ3n) is 3.18. The lowest BCUT2D eigenvalue weighted by Crippen LogP contribution is -2.26. The molecule has 0 aliphatic heterocycles. The largest absolute Gasteiger partial charge is 0.495 e. The quantitative estimate of drug-likeness (QED) is 0.512. The molecule has 0 saturated carbocycles. The Balaban J connectivity index is 2.84. The molecule has 5 nitrogen and oxygen atoms in total. The van der Waals surface area contributed by atoms with Gasteiger partial charge in [0.05, 0.1) is 19.2 Å². The molecule has 1 aromatic carbocycles. The van der Waals surface area contributed by atoms with Gasteiger partial charge in [-0.1, -0.05) is 12.1 Å². The lowest BCUT2D eigenvalue weighted by Gasteiger charge is -2.25. The van der Waals surface area contributed by atoms with Gasteiger partial charge in [-0.05, 0) is 24.6 Å². The fourth-order valence-corrected chi connectivity index (χ4v) is 2.09. The summed E-state index contributed by atoms with van der Waals surface area (Å²) >= 11 is 0. The Bertz CT molecular complexity index is 475. The zero-order chi connectivity index (χ0) is 15.7. The summed E-state index contributed by atoms with van der Waals surface area (Å²) in [5.74, 6) is -0.0298. The van der Waals surface area contributed by atoms with Gasteiger partial charge in [-0.25, -0.2) is 0 Å². The number of carboxylic acid groups (broad SMARTS) is 1. The van der Waals surface area contributed by atoms with E-state index >= 15 is 0 Å². The normalized spacial score (nSPS) is 10.2. The zero-order valence-corrected chi connectivity index (χ0v) is 12.8. The second-order valence-electron chi connectivity index (χ2n) is 4.65. The van der Waals surface area contributed by atoms with Gasteiger partial charge >= 0.3 is 5.97 Å². The topological polar surface area (TPSA) is 61.8 Å². The molecule has 0 aromatic heterocycles. The van der Waals surface area contributed by atoms with Gasteiger partial charge in [-0.3, -0.25) is 4.79 Å². The molecule has 5 heteroatoms. The van der Waals surface area contributed by atoms with Crippen molar-refractivity contribution in [3.8, 4) is 5.75 Å². The van der Waals surface area contributed by atoms with Crippen LogP contribution in [0.4, 0.5) is 5.69 Å². The fourth-order valence-electron chi connectivity index (χ4n) is 2.09. The number of hydrogen-bond donors (Lipinski definition) is 2. The van der Waals surface area contributed by atoms with Crippen molar-refractivity contribution in [2.75, 3.05) is 31.6 Å². The summed E-state index contributed by atoms with van der Waals surface area (Å²) in [6, 6.07) is 5.99. The standard InChI is InChI=1S/C16H24N2O3/c1-4-9-17-12-13-6-7-14(15(11-13)21-3)18(5-2)10-8-16(19)20/h4,6-7,11,17H,1,5,8-10,12H2,2-3H3,(H,19,20). The second-order valence-corrected chi connectivity index (χ2v) is 4.65. The summed E-state index contributed by atoms with van der Waals surface area (Å²) in [4.78, 5) is 12.7. The highest BCUT2D eigenvalue weighted by Crippen LogP contribution is 2.29. The average molecular weight is 292 g/mol. The van der Waals surface area contributed by atoms with Crippen LogP contribution in [0.2, 0.25) is 0 Å². The number of carbonyl (C=O) groups is 1. The van der Waals surface area contributed by atoms with Gasteiger partial charge in [0.15, 0.2) is 0 Å². The van der Waals surface area contributed by atoms with E-state index in [4.69, 9.17) is 9.84 Å². The Morgan fingerprint density at radius 2 is 2.29 bits per heavy atom. The molecule has 2 N–H and O–H groups in total. The number of methoxy groups -OCH3 is 1. The van der Waals surface area contributed by atoms with E-state index < -0.39 is 5.97 Å². The van der Waals surface area contributed by atoms with Crippen molar-refractivity contribution in [3.05, 3.63) is 36.4 Å². The molecule has 116 valence electrons. The molecule has 0 fully saturated rings. The number of nitrogens with one attached hydrogen (secondary N) is 1. The Kier molecular flexibility index (Phi) is 7.32. The number of aliphatic carboxylic acids is 1. The van der Waals surface area contributed by atoms with Gasteiger partial charge in [0.1, 0.15) is 5.75 Å². The van der Waals surface area contributed by atoms with Crippen molar-refractivity contribution >= 4 is 11.7 Å². The van der Waals surface area contributed by atoms with Crippen LogP contribution >= 0.6 is 0 Å². The molecule has 1 rings (SSSR count). The molecule has 0 aliphatic rings. The third kappa shape index (κ3) is 5.47. The third-order valence-corrected chi connectivity index (χ3v) is 3.18. The molecule has 0 aliphatic carbocycles. The van der Waals surface area contributed by atoms with Crippen LogP contribution < -0.4 is 15.0 Å². The summed E-state index contributed by atoms with van der Waals surface area (Å²) in [6.45, 7) is 8.36. The minimum atomic E-state index is -0.794. The average Bonchev–Trinajstić information content (AvgIpc) is 2.48. The van der Waals surface area contributed by atoms with Crippen molar-refractivity contribution in [3.63, 3.8) is 0 Å². The van der Waals surface area contributed by atoms with Crippen molar-refractivity contribution in [2.45, 2.75) is 19.9 Å². The van der Waals surface area contributed by atoms with E-state index in [0.29, 0.717) is 6.54 Å². The van der Waals surface area contributed by atoms with E-state index in [9.17, 15) is 4.79 Å². The van der Waals surface area contributed by atoms with Crippen LogP contribution in [0.15, 0.2) is 30.9 Å². The molecule has 0 amide bonds. The molecule has 21 heavy (non-hydrogen) atoms. The maximum Gasteiger partial charge on any atom is 0.305 e. The summed E-state index contributed by atoms with van der Waals surface area (Å²) in [5.41, 5.74) is 2.04. The molecule has 0 bridgehead atoms. The van der Waals surface area contributed by atoms with E-state index in [-0.39, 0.29) is 6.42 Å². The highest BCUT2D eigenvalue weighted by atomic mass is 16.5. The second kappa shape index (κ2) is 9.02. The minimum absolute atomic E-state index is 0.111. The highest BCUT2D eigenvalue weighted by molar-refractivity contribution is 5.68. The van der Waals surface area contributed by atoms with E-state index in [1.807, 2.05) is 36.1 Å². The number of nitrogens with zero attached hydrogens (tertiary/aromatic N) is 1. The minimum Gasteiger partial charge on any atom is -0.495 e. The fraction of sp³-hybridized carbons (Fsp3) is 0.438. The Labute approximate surface area is 126 Å².